The summed E-state index contributed by atoms with van der Waals surface area (Å²) in [6, 6.07) is 8.07. The van der Waals surface area contributed by atoms with Crippen molar-refractivity contribution in [3.63, 3.8) is 0 Å². The molecule has 0 bridgehead atoms. The van der Waals surface area contributed by atoms with Gasteiger partial charge < -0.3 is 15.4 Å². The minimum Gasteiger partial charge on any atom is -0.490 e. The predicted octanol–water partition coefficient (Wildman–Crippen LogP) is 3.50. The fourth-order valence-corrected chi connectivity index (χ4v) is 3.90. The Morgan fingerprint density at radius 3 is 2.61 bits per heavy atom. The van der Waals surface area contributed by atoms with Crippen LogP contribution in [-0.2, 0) is 16.4 Å². The predicted molar refractivity (Wildman–Crippen MR) is 126 cm³/mol. The lowest BCUT2D eigenvalue weighted by atomic mass is 10.2. The Hall–Kier alpha value is -1.03. The lowest BCUT2D eigenvalue weighted by Crippen LogP contribution is -2.42. The van der Waals surface area contributed by atoms with Gasteiger partial charge >= 0.3 is 0 Å². The molecule has 0 heterocycles. The number of benzene rings is 1. The van der Waals surface area contributed by atoms with Gasteiger partial charge in [-0.15, -0.1) is 24.0 Å². The Morgan fingerprint density at radius 2 is 1.96 bits per heavy atom. The number of nitrogens with one attached hydrogen (secondary N) is 2. The van der Waals surface area contributed by atoms with Crippen molar-refractivity contribution >= 4 is 39.8 Å². The molecular weight excluding hydrogens is 489 g/mol. The minimum absolute atomic E-state index is 0. The van der Waals surface area contributed by atoms with E-state index in [0.717, 1.165) is 30.7 Å². The highest BCUT2D eigenvalue weighted by Gasteiger charge is 2.17. The summed E-state index contributed by atoms with van der Waals surface area (Å²) in [5.74, 6) is 1.77. The van der Waals surface area contributed by atoms with Gasteiger partial charge in [-0.2, -0.15) is 0 Å². The van der Waals surface area contributed by atoms with E-state index in [1.54, 1.807) is 0 Å². The fourth-order valence-electron chi connectivity index (χ4n) is 3.12. The number of halogens is 1. The van der Waals surface area contributed by atoms with Crippen LogP contribution < -0.4 is 15.4 Å². The second-order valence-corrected chi connectivity index (χ2v) is 9.55. The summed E-state index contributed by atoms with van der Waals surface area (Å²) in [6.45, 7) is 5.23. The van der Waals surface area contributed by atoms with Crippen LogP contribution >= 0.6 is 24.0 Å². The number of sulfone groups is 1. The standard InChI is InChI=1S/C20H33N3O3S.HI/c1-4-21-20(23-16(2)13-14-27(3,24)25)22-15-17-9-5-8-12-19(17)26-18-10-6-7-11-18;/h5,8-9,12,16,18H,4,6-7,10-11,13-15H2,1-3H3,(H2,21,22,23);1H. The zero-order valence-electron chi connectivity index (χ0n) is 17.1. The molecule has 0 amide bonds. The van der Waals surface area contributed by atoms with Crippen molar-refractivity contribution in [2.24, 2.45) is 4.99 Å². The molecule has 8 heteroatoms. The van der Waals surface area contributed by atoms with Crippen molar-refractivity contribution in [1.29, 1.82) is 0 Å². The second kappa shape index (κ2) is 12.5. The molecule has 1 aliphatic carbocycles. The van der Waals surface area contributed by atoms with Gasteiger partial charge in [0.1, 0.15) is 15.6 Å². The lowest BCUT2D eigenvalue weighted by molar-refractivity contribution is 0.208. The van der Waals surface area contributed by atoms with Crippen LogP contribution in [0.3, 0.4) is 0 Å². The molecule has 28 heavy (non-hydrogen) atoms. The molecule has 0 aromatic heterocycles. The first kappa shape index (κ1) is 25.0. The van der Waals surface area contributed by atoms with Gasteiger partial charge in [0.05, 0.1) is 18.4 Å². The van der Waals surface area contributed by atoms with Crippen LogP contribution in [0.5, 0.6) is 5.75 Å². The Bertz CT molecular complexity index is 719. The van der Waals surface area contributed by atoms with E-state index >= 15 is 0 Å². The number of hydrogen-bond acceptors (Lipinski definition) is 4. The number of ether oxygens (including phenoxy) is 1. The van der Waals surface area contributed by atoms with Crippen LogP contribution in [0.25, 0.3) is 0 Å². The van der Waals surface area contributed by atoms with Crippen LogP contribution in [0.4, 0.5) is 0 Å². The van der Waals surface area contributed by atoms with Crippen molar-refractivity contribution in [3.05, 3.63) is 29.8 Å². The Morgan fingerprint density at radius 1 is 1.29 bits per heavy atom. The topological polar surface area (TPSA) is 79.8 Å². The van der Waals surface area contributed by atoms with Crippen LogP contribution in [0.15, 0.2) is 29.3 Å². The Kier molecular flexibility index (Phi) is 11.2. The van der Waals surface area contributed by atoms with E-state index in [1.807, 2.05) is 38.1 Å². The maximum absolute atomic E-state index is 11.3. The first-order valence-electron chi connectivity index (χ1n) is 9.84. The molecular formula is C20H34IN3O3S. The van der Waals surface area contributed by atoms with Crippen LogP contribution in [0, 0.1) is 0 Å². The number of guanidine groups is 1. The summed E-state index contributed by atoms with van der Waals surface area (Å²) in [5.41, 5.74) is 1.06. The van der Waals surface area contributed by atoms with Crippen molar-refractivity contribution in [2.75, 3.05) is 18.6 Å². The highest BCUT2D eigenvalue weighted by molar-refractivity contribution is 14.0. The first-order valence-corrected chi connectivity index (χ1v) is 11.9. The molecule has 2 rings (SSSR count). The summed E-state index contributed by atoms with van der Waals surface area (Å²) in [4.78, 5) is 4.67. The second-order valence-electron chi connectivity index (χ2n) is 7.29. The van der Waals surface area contributed by atoms with Gasteiger partial charge in [-0.3, -0.25) is 0 Å². The quantitative estimate of drug-likeness (QED) is 0.294. The molecule has 160 valence electrons. The van der Waals surface area contributed by atoms with Crippen molar-refractivity contribution < 1.29 is 13.2 Å². The number of para-hydroxylation sites is 1. The van der Waals surface area contributed by atoms with Crippen molar-refractivity contribution in [1.82, 2.24) is 10.6 Å². The van der Waals surface area contributed by atoms with Crippen LogP contribution in [0.2, 0.25) is 0 Å². The van der Waals surface area contributed by atoms with Crippen molar-refractivity contribution in [3.8, 4) is 5.75 Å². The van der Waals surface area contributed by atoms with Gasteiger partial charge in [-0.1, -0.05) is 18.2 Å². The van der Waals surface area contributed by atoms with Crippen LogP contribution in [0.1, 0.15) is 51.5 Å². The van der Waals surface area contributed by atoms with E-state index < -0.39 is 9.84 Å². The third-order valence-electron chi connectivity index (χ3n) is 4.62. The van der Waals surface area contributed by atoms with E-state index in [1.165, 1.54) is 19.1 Å². The summed E-state index contributed by atoms with van der Waals surface area (Å²) in [7, 11) is -2.96. The average molecular weight is 523 g/mol. The minimum atomic E-state index is -2.96. The van der Waals surface area contributed by atoms with E-state index in [-0.39, 0.29) is 35.8 Å². The molecule has 1 aromatic carbocycles. The van der Waals surface area contributed by atoms with Crippen molar-refractivity contribution in [2.45, 2.75) is 64.6 Å². The molecule has 0 spiro atoms. The molecule has 0 saturated heterocycles. The summed E-state index contributed by atoms with van der Waals surface area (Å²) >= 11 is 0. The van der Waals surface area contributed by atoms with E-state index in [9.17, 15) is 8.42 Å². The van der Waals surface area contributed by atoms with Gasteiger partial charge in [0.15, 0.2) is 5.96 Å². The normalized spacial score (nSPS) is 16.3. The molecule has 1 unspecified atom stereocenters. The SMILES string of the molecule is CCNC(=NCc1ccccc1OC1CCCC1)NC(C)CCS(C)(=O)=O.I. The number of nitrogens with zero attached hydrogens (tertiary/aromatic N) is 1. The molecule has 1 atom stereocenters. The maximum atomic E-state index is 11.3. The molecule has 1 aromatic rings. The van der Waals surface area contributed by atoms with E-state index in [0.29, 0.717) is 25.0 Å². The highest BCUT2D eigenvalue weighted by atomic mass is 127. The number of rotatable bonds is 9. The molecule has 2 N–H and O–H groups in total. The third-order valence-corrected chi connectivity index (χ3v) is 5.60. The first-order chi connectivity index (χ1) is 12.9. The van der Waals surface area contributed by atoms with E-state index in [2.05, 4.69) is 15.6 Å². The largest absolute Gasteiger partial charge is 0.490 e. The zero-order chi connectivity index (χ0) is 19.7. The summed E-state index contributed by atoms with van der Waals surface area (Å²) in [6.07, 6.45) is 6.86. The Balaban J connectivity index is 0.00000392. The van der Waals surface area contributed by atoms with Gasteiger partial charge in [0, 0.05) is 24.4 Å². The molecule has 1 saturated carbocycles. The molecule has 6 nitrogen and oxygen atoms in total. The third kappa shape index (κ3) is 9.45. The van der Waals surface area contributed by atoms with Gasteiger partial charge in [-0.25, -0.2) is 13.4 Å². The summed E-state index contributed by atoms with van der Waals surface area (Å²) in [5, 5.41) is 6.51. The lowest BCUT2D eigenvalue weighted by Gasteiger charge is -2.18. The Labute approximate surface area is 186 Å². The van der Waals surface area contributed by atoms with E-state index in [4.69, 9.17) is 4.74 Å². The molecule has 0 radical (unpaired) electrons. The van der Waals surface area contributed by atoms with Gasteiger partial charge in [-0.05, 0) is 52.0 Å². The number of aliphatic imine (C=N–C) groups is 1. The molecule has 0 aliphatic heterocycles. The highest BCUT2D eigenvalue weighted by Crippen LogP contribution is 2.27. The fraction of sp³-hybridized carbons (Fsp3) is 0.650. The number of hydrogen-bond donors (Lipinski definition) is 2. The summed E-state index contributed by atoms with van der Waals surface area (Å²) < 4.78 is 28.9. The van der Waals surface area contributed by atoms with Gasteiger partial charge in [0.25, 0.3) is 0 Å². The molecule has 1 aliphatic rings. The average Bonchev–Trinajstić information content (AvgIpc) is 3.12. The smallest absolute Gasteiger partial charge is 0.191 e. The zero-order valence-corrected chi connectivity index (χ0v) is 20.3. The maximum Gasteiger partial charge on any atom is 0.191 e. The molecule has 1 fully saturated rings. The monoisotopic (exact) mass is 523 g/mol. The van der Waals surface area contributed by atoms with Crippen LogP contribution in [-0.4, -0.2) is 45.1 Å². The van der Waals surface area contributed by atoms with Gasteiger partial charge in [0.2, 0.25) is 0 Å².